The molecule has 1 aromatic rings. The van der Waals surface area contributed by atoms with Crippen molar-refractivity contribution in [3.05, 3.63) is 24.3 Å². The van der Waals surface area contributed by atoms with Crippen LogP contribution in [0.4, 0.5) is 5.69 Å². The first-order valence-electron chi connectivity index (χ1n) is 4.83. The van der Waals surface area contributed by atoms with E-state index in [4.69, 9.17) is 4.18 Å². The van der Waals surface area contributed by atoms with Gasteiger partial charge < -0.3 is 5.32 Å². The van der Waals surface area contributed by atoms with E-state index in [9.17, 15) is 8.42 Å². The lowest BCUT2D eigenvalue weighted by Gasteiger charge is -2.05. The average molecular weight is 227 g/mol. The second-order valence-corrected chi connectivity index (χ2v) is 5.10. The van der Waals surface area contributed by atoms with Crippen molar-refractivity contribution in [2.45, 2.75) is 23.8 Å². The molecule has 1 saturated carbocycles. The van der Waals surface area contributed by atoms with Crippen LogP contribution in [0.2, 0.25) is 0 Å². The van der Waals surface area contributed by atoms with Crippen LogP contribution in [0.25, 0.3) is 0 Å². The molecule has 0 bridgehead atoms. The summed E-state index contributed by atoms with van der Waals surface area (Å²) in [5.74, 6) is 0. The predicted molar refractivity (Wildman–Crippen MR) is 57.3 cm³/mol. The molecule has 1 N–H and O–H groups in total. The normalized spacial score (nSPS) is 16.3. The molecule has 15 heavy (non-hydrogen) atoms. The van der Waals surface area contributed by atoms with Gasteiger partial charge >= 0.3 is 0 Å². The maximum absolute atomic E-state index is 11.6. The van der Waals surface area contributed by atoms with Gasteiger partial charge in [0.15, 0.2) is 0 Å². The number of hydrogen-bond acceptors (Lipinski definition) is 4. The van der Waals surface area contributed by atoms with E-state index in [0.717, 1.165) is 18.5 Å². The molecular formula is C10H13NO3S. The first-order valence-corrected chi connectivity index (χ1v) is 6.24. The van der Waals surface area contributed by atoms with Gasteiger partial charge in [0.2, 0.25) is 0 Å². The van der Waals surface area contributed by atoms with Crippen LogP contribution in [0.3, 0.4) is 0 Å². The molecular weight excluding hydrogens is 214 g/mol. The molecule has 0 heterocycles. The van der Waals surface area contributed by atoms with Crippen molar-refractivity contribution in [2.75, 3.05) is 12.4 Å². The molecule has 0 spiro atoms. The highest BCUT2D eigenvalue weighted by Gasteiger charge is 2.29. The van der Waals surface area contributed by atoms with E-state index in [1.54, 1.807) is 31.3 Å². The molecule has 5 heteroatoms. The van der Waals surface area contributed by atoms with Gasteiger partial charge in [-0.15, -0.1) is 0 Å². The summed E-state index contributed by atoms with van der Waals surface area (Å²) in [4.78, 5) is 0.216. The predicted octanol–water partition coefficient (Wildman–Crippen LogP) is 1.60. The highest BCUT2D eigenvalue weighted by molar-refractivity contribution is 7.86. The van der Waals surface area contributed by atoms with Crippen molar-refractivity contribution in [1.82, 2.24) is 0 Å². The molecule has 0 amide bonds. The minimum atomic E-state index is -3.55. The Morgan fingerprint density at radius 1 is 1.27 bits per heavy atom. The Hall–Kier alpha value is -1.07. The number of nitrogens with one attached hydrogen (secondary N) is 1. The van der Waals surface area contributed by atoms with Gasteiger partial charge in [-0.25, -0.2) is 0 Å². The third-order valence-corrected chi connectivity index (χ3v) is 3.59. The zero-order chi connectivity index (χ0) is 10.9. The zero-order valence-corrected chi connectivity index (χ0v) is 9.25. The molecule has 0 atom stereocenters. The average Bonchev–Trinajstić information content (AvgIpc) is 3.01. The van der Waals surface area contributed by atoms with Gasteiger partial charge in [0.05, 0.1) is 11.0 Å². The summed E-state index contributed by atoms with van der Waals surface area (Å²) < 4.78 is 28.2. The number of anilines is 1. The lowest BCUT2D eigenvalue weighted by Crippen LogP contribution is -2.07. The smallest absolute Gasteiger partial charge is 0.297 e. The quantitative estimate of drug-likeness (QED) is 0.794. The fourth-order valence-corrected chi connectivity index (χ4v) is 2.32. The highest BCUT2D eigenvalue weighted by atomic mass is 32.2. The Labute approximate surface area is 89.4 Å². The van der Waals surface area contributed by atoms with Crippen LogP contribution in [0.15, 0.2) is 29.2 Å². The van der Waals surface area contributed by atoms with E-state index < -0.39 is 10.1 Å². The van der Waals surface area contributed by atoms with Gasteiger partial charge in [-0.05, 0) is 37.1 Å². The van der Waals surface area contributed by atoms with Gasteiger partial charge in [-0.3, -0.25) is 4.18 Å². The number of benzene rings is 1. The van der Waals surface area contributed by atoms with Crippen molar-refractivity contribution in [3.8, 4) is 0 Å². The maximum atomic E-state index is 11.6. The van der Waals surface area contributed by atoms with Crippen LogP contribution < -0.4 is 5.32 Å². The summed E-state index contributed by atoms with van der Waals surface area (Å²) in [5, 5.41) is 2.92. The maximum Gasteiger partial charge on any atom is 0.297 e. The van der Waals surface area contributed by atoms with Crippen molar-refractivity contribution in [1.29, 1.82) is 0 Å². The summed E-state index contributed by atoms with van der Waals surface area (Å²) in [6, 6.07) is 6.51. The Balaban J connectivity index is 2.19. The largest absolute Gasteiger partial charge is 0.388 e. The first-order chi connectivity index (χ1) is 7.12. The molecule has 0 radical (unpaired) electrons. The molecule has 0 unspecified atom stereocenters. The highest BCUT2D eigenvalue weighted by Crippen LogP contribution is 2.28. The van der Waals surface area contributed by atoms with Gasteiger partial charge in [0.1, 0.15) is 0 Å². The van der Waals surface area contributed by atoms with Crippen molar-refractivity contribution >= 4 is 15.8 Å². The van der Waals surface area contributed by atoms with Gasteiger partial charge in [-0.2, -0.15) is 8.42 Å². The summed E-state index contributed by atoms with van der Waals surface area (Å²) >= 11 is 0. The first kappa shape index (κ1) is 10.4. The fraction of sp³-hybridized carbons (Fsp3) is 0.400. The van der Waals surface area contributed by atoms with Gasteiger partial charge in [-0.1, -0.05) is 0 Å². The summed E-state index contributed by atoms with van der Waals surface area (Å²) in [7, 11) is -1.77. The third kappa shape index (κ3) is 2.49. The Kier molecular flexibility index (Phi) is 2.67. The number of hydrogen-bond donors (Lipinski definition) is 1. The molecule has 0 aromatic heterocycles. The molecule has 1 aromatic carbocycles. The second-order valence-electron chi connectivity index (χ2n) is 3.52. The SMILES string of the molecule is CNc1ccc(S(=O)(=O)OC2CC2)cc1. The standard InChI is InChI=1S/C10H13NO3S/c1-11-8-2-6-10(7-3-8)15(12,13)14-9-4-5-9/h2-3,6-7,9,11H,4-5H2,1H3. The second kappa shape index (κ2) is 3.83. The van der Waals surface area contributed by atoms with Gasteiger partial charge in [0, 0.05) is 12.7 Å². The lowest BCUT2D eigenvalue weighted by atomic mass is 10.3. The van der Waals surface area contributed by atoms with E-state index in [1.807, 2.05) is 0 Å². The van der Waals surface area contributed by atoms with Crippen LogP contribution in [-0.4, -0.2) is 21.6 Å². The van der Waals surface area contributed by atoms with Gasteiger partial charge in [0.25, 0.3) is 10.1 Å². The molecule has 1 fully saturated rings. The summed E-state index contributed by atoms with van der Waals surface area (Å²) in [6.07, 6.45) is 1.58. The molecule has 1 aliphatic carbocycles. The zero-order valence-electron chi connectivity index (χ0n) is 8.43. The van der Waals surface area contributed by atoms with Crippen LogP contribution in [-0.2, 0) is 14.3 Å². The molecule has 0 saturated heterocycles. The Morgan fingerprint density at radius 2 is 1.87 bits per heavy atom. The molecule has 2 rings (SSSR count). The van der Waals surface area contributed by atoms with E-state index in [0.29, 0.717) is 0 Å². The Morgan fingerprint density at radius 3 is 2.33 bits per heavy atom. The molecule has 0 aliphatic heterocycles. The van der Waals surface area contributed by atoms with Crippen molar-refractivity contribution < 1.29 is 12.6 Å². The summed E-state index contributed by atoms with van der Waals surface area (Å²) in [6.45, 7) is 0. The van der Waals surface area contributed by atoms with Crippen LogP contribution >= 0.6 is 0 Å². The lowest BCUT2D eigenvalue weighted by molar-refractivity contribution is 0.305. The minimum Gasteiger partial charge on any atom is -0.388 e. The Bertz CT molecular complexity index is 434. The number of rotatable bonds is 4. The minimum absolute atomic E-state index is 0.0982. The fourth-order valence-electron chi connectivity index (χ4n) is 1.19. The molecule has 1 aliphatic rings. The summed E-state index contributed by atoms with van der Waals surface area (Å²) in [5.41, 5.74) is 0.875. The van der Waals surface area contributed by atoms with E-state index in [1.165, 1.54) is 0 Å². The van der Waals surface area contributed by atoms with Crippen LogP contribution in [0.5, 0.6) is 0 Å². The van der Waals surface area contributed by atoms with E-state index >= 15 is 0 Å². The monoisotopic (exact) mass is 227 g/mol. The van der Waals surface area contributed by atoms with Crippen molar-refractivity contribution in [3.63, 3.8) is 0 Å². The van der Waals surface area contributed by atoms with E-state index in [2.05, 4.69) is 5.32 Å². The third-order valence-electron chi connectivity index (χ3n) is 2.22. The molecule has 4 nitrogen and oxygen atoms in total. The van der Waals surface area contributed by atoms with Crippen LogP contribution in [0, 0.1) is 0 Å². The van der Waals surface area contributed by atoms with E-state index in [-0.39, 0.29) is 11.0 Å². The molecule has 82 valence electrons. The topological polar surface area (TPSA) is 55.4 Å². The van der Waals surface area contributed by atoms with Crippen molar-refractivity contribution in [2.24, 2.45) is 0 Å². The van der Waals surface area contributed by atoms with Crippen LogP contribution in [0.1, 0.15) is 12.8 Å².